The van der Waals surface area contributed by atoms with Gasteiger partial charge in [-0.25, -0.2) is 0 Å². The quantitative estimate of drug-likeness (QED) is 0.0739. The standard InChI is InChI=1S/C30H40N4O12/c1-19(30(41)42)15-24(36)31-7-3-9-43-11-13-45-14-12-44-10-4-8-32-26(38)18-46-23-6-2-5-20-27(23)29(40)34(28(20)39)21-17-33-25(37)16-22(21)35/h2,5-6,19,21H,3-4,7-18H2,1H3,(H,31,36)(H,32,38)(H,33,37)(H,41,42)/t19-,21?/m0/s1. The molecule has 0 bridgehead atoms. The van der Waals surface area contributed by atoms with Gasteiger partial charge in [0.25, 0.3) is 17.7 Å². The smallest absolute Gasteiger partial charge is 0.306 e. The number of hydrogen-bond donors (Lipinski definition) is 4. The van der Waals surface area contributed by atoms with Crippen LogP contribution in [0.4, 0.5) is 0 Å². The van der Waals surface area contributed by atoms with Crippen LogP contribution in [0, 0.1) is 5.92 Å². The number of nitrogens with one attached hydrogen (secondary N) is 3. The Morgan fingerprint density at radius 2 is 1.52 bits per heavy atom. The molecular weight excluding hydrogens is 608 g/mol. The molecule has 1 aromatic carbocycles. The molecule has 1 saturated heterocycles. The number of carboxylic acids is 1. The van der Waals surface area contributed by atoms with Crippen molar-refractivity contribution in [3.8, 4) is 5.75 Å². The third-order valence-electron chi connectivity index (χ3n) is 7.01. The van der Waals surface area contributed by atoms with Gasteiger partial charge in [-0.05, 0) is 25.0 Å². The van der Waals surface area contributed by atoms with E-state index in [1.54, 1.807) is 0 Å². The molecule has 2 aliphatic rings. The zero-order valence-corrected chi connectivity index (χ0v) is 25.7. The summed E-state index contributed by atoms with van der Waals surface area (Å²) >= 11 is 0. The number of rotatable bonds is 21. The lowest BCUT2D eigenvalue weighted by Crippen LogP contribution is -2.55. The van der Waals surface area contributed by atoms with Gasteiger partial charge in [0.1, 0.15) is 11.8 Å². The Morgan fingerprint density at radius 1 is 0.913 bits per heavy atom. The fourth-order valence-electron chi connectivity index (χ4n) is 4.55. The molecule has 0 radical (unpaired) electrons. The predicted octanol–water partition coefficient (Wildman–Crippen LogP) is -0.708. The van der Waals surface area contributed by atoms with Crippen LogP contribution in [0.5, 0.6) is 5.75 Å². The third-order valence-corrected chi connectivity index (χ3v) is 7.01. The first-order valence-corrected chi connectivity index (χ1v) is 15.0. The van der Waals surface area contributed by atoms with Crippen molar-refractivity contribution >= 4 is 41.3 Å². The number of amides is 5. The number of ether oxygens (including phenoxy) is 4. The Kier molecular flexibility index (Phi) is 14.5. The highest BCUT2D eigenvalue weighted by atomic mass is 16.5. The molecule has 1 fully saturated rings. The van der Waals surface area contributed by atoms with E-state index in [2.05, 4.69) is 16.0 Å². The van der Waals surface area contributed by atoms with Crippen molar-refractivity contribution < 1.29 is 57.6 Å². The molecule has 0 aliphatic carbocycles. The number of piperidine rings is 1. The summed E-state index contributed by atoms with van der Waals surface area (Å²) in [4.78, 5) is 85.2. The topological polar surface area (TPSA) is 216 Å². The molecule has 46 heavy (non-hydrogen) atoms. The molecule has 16 nitrogen and oxygen atoms in total. The van der Waals surface area contributed by atoms with Crippen LogP contribution in [0.15, 0.2) is 18.2 Å². The normalized spacial score (nSPS) is 16.5. The molecule has 252 valence electrons. The average molecular weight is 649 g/mol. The number of carbonyl (C=O) groups excluding carboxylic acids is 6. The lowest BCUT2D eigenvalue weighted by atomic mass is 10.0. The lowest BCUT2D eigenvalue weighted by molar-refractivity contribution is -0.143. The van der Waals surface area contributed by atoms with Crippen LogP contribution >= 0.6 is 0 Å². The summed E-state index contributed by atoms with van der Waals surface area (Å²) in [7, 11) is 0. The maximum atomic E-state index is 13.1. The number of imide groups is 1. The van der Waals surface area contributed by atoms with Gasteiger partial charge < -0.3 is 40.0 Å². The Morgan fingerprint density at radius 3 is 2.13 bits per heavy atom. The van der Waals surface area contributed by atoms with E-state index < -0.39 is 60.4 Å². The monoisotopic (exact) mass is 648 g/mol. The number of fused-ring (bicyclic) bond motifs is 1. The van der Waals surface area contributed by atoms with Crippen LogP contribution in [0.25, 0.3) is 0 Å². The summed E-state index contributed by atoms with van der Waals surface area (Å²) in [5.74, 6) is -4.79. The highest BCUT2D eigenvalue weighted by Crippen LogP contribution is 2.32. The van der Waals surface area contributed by atoms with E-state index >= 15 is 0 Å². The minimum atomic E-state index is -1.10. The first-order chi connectivity index (χ1) is 22.1. The zero-order chi connectivity index (χ0) is 33.5. The van der Waals surface area contributed by atoms with Gasteiger partial charge in [0.05, 0.1) is 49.9 Å². The summed E-state index contributed by atoms with van der Waals surface area (Å²) in [6.45, 7) is 3.96. The van der Waals surface area contributed by atoms with Gasteiger partial charge in [-0.2, -0.15) is 0 Å². The van der Waals surface area contributed by atoms with Crippen molar-refractivity contribution in [3.05, 3.63) is 29.3 Å². The number of Topliss-reactive ketones (excluding diaryl/α,β-unsaturated/α-hetero) is 1. The van der Waals surface area contributed by atoms with Gasteiger partial charge in [-0.3, -0.25) is 38.5 Å². The van der Waals surface area contributed by atoms with E-state index in [1.165, 1.54) is 25.1 Å². The van der Waals surface area contributed by atoms with Crippen molar-refractivity contribution in [1.29, 1.82) is 0 Å². The Labute approximate surface area is 265 Å². The Bertz CT molecular complexity index is 1290. The van der Waals surface area contributed by atoms with Crippen molar-refractivity contribution in [3.63, 3.8) is 0 Å². The summed E-state index contributed by atoms with van der Waals surface area (Å²) in [6, 6.07) is 3.32. The number of hydrogen-bond acceptors (Lipinski definition) is 11. The first kappa shape index (κ1) is 36.1. The average Bonchev–Trinajstić information content (AvgIpc) is 3.27. The highest BCUT2D eigenvalue weighted by molar-refractivity contribution is 6.24. The van der Waals surface area contributed by atoms with Crippen LogP contribution < -0.4 is 20.7 Å². The number of carbonyl (C=O) groups is 7. The fourth-order valence-corrected chi connectivity index (χ4v) is 4.55. The molecule has 2 atom stereocenters. The lowest BCUT2D eigenvalue weighted by Gasteiger charge is -2.28. The van der Waals surface area contributed by atoms with Gasteiger partial charge in [0.15, 0.2) is 12.4 Å². The van der Waals surface area contributed by atoms with Gasteiger partial charge in [0.2, 0.25) is 11.8 Å². The largest absolute Gasteiger partial charge is 0.483 e. The molecule has 0 spiro atoms. The van der Waals surface area contributed by atoms with Crippen molar-refractivity contribution in [2.45, 2.75) is 38.6 Å². The Hall–Kier alpha value is -4.41. The molecule has 2 heterocycles. The molecule has 2 aliphatic heterocycles. The minimum absolute atomic E-state index is 0.0291. The van der Waals surface area contributed by atoms with E-state index in [9.17, 15) is 33.6 Å². The SMILES string of the molecule is C[C@@H](CC(=O)NCCCOCCOCCOCCCNC(=O)COc1cccc2c1C(=O)N(C1CNC(=O)CC1=O)C2=O)C(=O)O. The molecule has 1 unspecified atom stereocenters. The summed E-state index contributed by atoms with van der Waals surface area (Å²) in [6.07, 6.45) is 0.662. The second kappa shape index (κ2) is 18.5. The molecule has 1 aromatic rings. The van der Waals surface area contributed by atoms with Crippen LogP contribution in [-0.4, -0.2) is 123 Å². The minimum Gasteiger partial charge on any atom is -0.483 e. The molecule has 5 amide bonds. The third kappa shape index (κ3) is 10.9. The van der Waals surface area contributed by atoms with Crippen molar-refractivity contribution in [2.24, 2.45) is 5.92 Å². The molecule has 3 rings (SSSR count). The van der Waals surface area contributed by atoms with E-state index in [0.717, 1.165) is 4.90 Å². The van der Waals surface area contributed by atoms with Gasteiger partial charge in [-0.15, -0.1) is 0 Å². The second-order valence-electron chi connectivity index (χ2n) is 10.6. The maximum absolute atomic E-state index is 13.1. The van der Waals surface area contributed by atoms with Gasteiger partial charge in [0, 0.05) is 39.3 Å². The predicted molar refractivity (Wildman–Crippen MR) is 158 cm³/mol. The highest BCUT2D eigenvalue weighted by Gasteiger charge is 2.45. The summed E-state index contributed by atoms with van der Waals surface area (Å²) < 4.78 is 21.8. The van der Waals surface area contributed by atoms with Crippen LogP contribution in [0.1, 0.15) is 53.3 Å². The van der Waals surface area contributed by atoms with Gasteiger partial charge >= 0.3 is 5.97 Å². The molecule has 0 saturated carbocycles. The molecular formula is C30H40N4O12. The molecule has 4 N–H and O–H groups in total. The summed E-state index contributed by atoms with van der Waals surface area (Å²) in [5, 5.41) is 16.6. The first-order valence-electron chi connectivity index (χ1n) is 15.0. The van der Waals surface area contributed by atoms with E-state index in [4.69, 9.17) is 24.1 Å². The summed E-state index contributed by atoms with van der Waals surface area (Å²) in [5.41, 5.74) is 0.0317. The fraction of sp³-hybridized carbons (Fsp3) is 0.567. The van der Waals surface area contributed by atoms with E-state index in [1.807, 2.05) is 0 Å². The zero-order valence-electron chi connectivity index (χ0n) is 25.7. The number of nitrogens with zero attached hydrogens (tertiary/aromatic N) is 1. The molecule has 16 heteroatoms. The van der Waals surface area contributed by atoms with E-state index in [-0.39, 0.29) is 35.7 Å². The second-order valence-corrected chi connectivity index (χ2v) is 10.6. The maximum Gasteiger partial charge on any atom is 0.306 e. The number of aliphatic carboxylic acids is 1. The van der Waals surface area contributed by atoms with Crippen LogP contribution in [-0.2, 0) is 38.2 Å². The Balaban J connectivity index is 1.19. The molecule has 0 aromatic heterocycles. The number of benzene rings is 1. The van der Waals surface area contributed by atoms with Crippen LogP contribution in [0.2, 0.25) is 0 Å². The number of ketones is 1. The van der Waals surface area contributed by atoms with Crippen molar-refractivity contribution in [1.82, 2.24) is 20.9 Å². The van der Waals surface area contributed by atoms with E-state index in [0.29, 0.717) is 65.6 Å². The number of carboxylic acid groups (broad SMARTS) is 1. The van der Waals surface area contributed by atoms with Crippen LogP contribution in [0.3, 0.4) is 0 Å². The van der Waals surface area contributed by atoms with Gasteiger partial charge in [-0.1, -0.05) is 13.0 Å². The van der Waals surface area contributed by atoms with Crippen molar-refractivity contribution in [2.75, 3.05) is 65.9 Å².